The molecule has 0 spiro atoms. The highest BCUT2D eigenvalue weighted by molar-refractivity contribution is 6.08. The van der Waals surface area contributed by atoms with Gasteiger partial charge in [-0.25, -0.2) is 18.3 Å². The third kappa shape index (κ3) is 7.53. The molecule has 5 rings (SSSR count). The average molecular weight is 522 g/mol. The van der Waals surface area contributed by atoms with Crippen molar-refractivity contribution in [3.8, 4) is 22.3 Å². The molecule has 0 bridgehead atoms. The lowest BCUT2D eigenvalue weighted by Crippen LogP contribution is -2.34. The van der Waals surface area contributed by atoms with Crippen molar-refractivity contribution in [2.24, 2.45) is 0 Å². The Kier molecular flexibility index (Phi) is 9.52. The van der Waals surface area contributed by atoms with Gasteiger partial charge in [0.05, 0.1) is 15.7 Å². The predicted octanol–water partition coefficient (Wildman–Crippen LogP) is 4.22. The highest BCUT2D eigenvalue weighted by Crippen LogP contribution is 2.17. The predicted molar refractivity (Wildman–Crippen MR) is 160 cm³/mol. The van der Waals surface area contributed by atoms with Crippen molar-refractivity contribution >= 4 is 15.7 Å². The van der Waals surface area contributed by atoms with Gasteiger partial charge in [-0.05, 0) is 35.1 Å². The molecule has 40 heavy (non-hydrogen) atoms. The lowest BCUT2D eigenvalue weighted by atomic mass is 10.0. The van der Waals surface area contributed by atoms with Gasteiger partial charge in [-0.1, -0.05) is 36.9 Å². The van der Waals surface area contributed by atoms with Crippen molar-refractivity contribution < 1.29 is 18.3 Å². The van der Waals surface area contributed by atoms with Gasteiger partial charge >= 0.3 is 0 Å². The van der Waals surface area contributed by atoms with Gasteiger partial charge in [0.2, 0.25) is 0 Å². The minimum absolute atomic E-state index is 0.717. The molecule has 0 aliphatic heterocycles. The standard InChI is InChI=1S/C34H36B2N4/c35-15-1-17-37-19-7-31(8-20-37)33-11-23-39(24-12-33)27-29-3-5-30(6-4-29)28-40-25-13-34(14-26-40)32-9-21-38(22-10-32)18-2-16-36/h3-14,19-26H,1-2,15-18,27-28H2/q+4. The molecule has 194 valence electrons. The average Bonchev–Trinajstić information content (AvgIpc) is 3.01. The van der Waals surface area contributed by atoms with E-state index in [2.05, 4.69) is 141 Å². The van der Waals surface area contributed by atoms with E-state index in [1.54, 1.807) is 0 Å². The summed E-state index contributed by atoms with van der Waals surface area (Å²) in [6, 6.07) is 26.3. The van der Waals surface area contributed by atoms with Gasteiger partial charge in [0.15, 0.2) is 62.7 Å². The topological polar surface area (TPSA) is 15.5 Å². The lowest BCUT2D eigenvalue weighted by Gasteiger charge is -2.04. The number of aryl methyl sites for hydroxylation is 2. The Balaban J connectivity index is 1.15. The fraction of sp³-hybridized carbons (Fsp3) is 0.235. The van der Waals surface area contributed by atoms with Crippen LogP contribution >= 0.6 is 0 Å². The number of hydrogen-bond acceptors (Lipinski definition) is 0. The van der Waals surface area contributed by atoms with Crippen molar-refractivity contribution in [1.82, 2.24) is 0 Å². The van der Waals surface area contributed by atoms with Gasteiger partial charge in [-0.2, -0.15) is 0 Å². The molecule has 4 aromatic heterocycles. The third-order valence-corrected chi connectivity index (χ3v) is 7.23. The molecule has 0 saturated carbocycles. The first-order chi connectivity index (χ1) is 19.7. The molecular formula is C34H36B2N4+4. The summed E-state index contributed by atoms with van der Waals surface area (Å²) in [7, 11) is 11.2. The molecule has 0 aliphatic carbocycles. The molecule has 0 unspecified atom stereocenters. The molecule has 0 N–H and O–H groups in total. The van der Waals surface area contributed by atoms with Gasteiger partial charge in [0.1, 0.15) is 13.1 Å². The Labute approximate surface area is 241 Å². The van der Waals surface area contributed by atoms with Crippen LogP contribution in [0, 0.1) is 0 Å². The summed E-state index contributed by atoms with van der Waals surface area (Å²) in [5, 5.41) is 0. The van der Waals surface area contributed by atoms with Crippen molar-refractivity contribution in [2.45, 2.75) is 51.7 Å². The van der Waals surface area contributed by atoms with Gasteiger partial charge in [-0.15, -0.1) is 0 Å². The molecule has 4 radical (unpaired) electrons. The first-order valence-electron chi connectivity index (χ1n) is 14.2. The molecule has 0 saturated heterocycles. The van der Waals surface area contributed by atoms with Gasteiger partial charge in [0.25, 0.3) is 0 Å². The minimum Gasteiger partial charge on any atom is -0.205 e. The van der Waals surface area contributed by atoms with Crippen molar-refractivity contribution in [3.63, 3.8) is 0 Å². The van der Waals surface area contributed by atoms with Crippen LogP contribution in [0.1, 0.15) is 24.0 Å². The fourth-order valence-corrected chi connectivity index (χ4v) is 4.83. The van der Waals surface area contributed by atoms with E-state index in [-0.39, 0.29) is 0 Å². The lowest BCUT2D eigenvalue weighted by molar-refractivity contribution is -0.697. The van der Waals surface area contributed by atoms with Crippen LogP contribution in [0.3, 0.4) is 0 Å². The maximum Gasteiger partial charge on any atom is 0.173 e. The second-order valence-electron chi connectivity index (χ2n) is 10.3. The van der Waals surface area contributed by atoms with Crippen molar-refractivity contribution in [1.29, 1.82) is 0 Å². The Bertz CT molecular complexity index is 1350. The van der Waals surface area contributed by atoms with E-state index in [4.69, 9.17) is 15.7 Å². The zero-order chi connectivity index (χ0) is 27.6. The van der Waals surface area contributed by atoms with Gasteiger partial charge < -0.3 is 0 Å². The molecule has 4 nitrogen and oxygen atoms in total. The second-order valence-corrected chi connectivity index (χ2v) is 10.3. The summed E-state index contributed by atoms with van der Waals surface area (Å²) in [5.41, 5.74) is 7.46. The van der Waals surface area contributed by atoms with Crippen LogP contribution in [0.25, 0.3) is 22.3 Å². The fourth-order valence-electron chi connectivity index (χ4n) is 4.83. The second kappa shape index (κ2) is 13.8. The summed E-state index contributed by atoms with van der Waals surface area (Å²) >= 11 is 0. The minimum atomic E-state index is 0.717. The van der Waals surface area contributed by atoms with Crippen LogP contribution in [0.15, 0.2) is 122 Å². The van der Waals surface area contributed by atoms with Crippen molar-refractivity contribution in [3.05, 3.63) is 133 Å². The number of nitrogens with zero attached hydrogens (tertiary/aromatic N) is 4. The summed E-state index contributed by atoms with van der Waals surface area (Å²) in [4.78, 5) is 0. The number of pyridine rings is 4. The number of rotatable bonds is 12. The summed E-state index contributed by atoms with van der Waals surface area (Å²) < 4.78 is 8.81. The van der Waals surface area contributed by atoms with E-state index in [1.807, 2.05) is 0 Å². The Hall–Kier alpha value is -4.05. The highest BCUT2D eigenvalue weighted by Gasteiger charge is 2.09. The Morgan fingerprint density at radius 1 is 0.375 bits per heavy atom. The van der Waals surface area contributed by atoms with Crippen molar-refractivity contribution in [2.75, 3.05) is 0 Å². The zero-order valence-electron chi connectivity index (χ0n) is 23.1. The maximum absolute atomic E-state index is 5.62. The molecule has 5 aromatic rings. The first kappa shape index (κ1) is 27.5. The number of hydrogen-bond donors (Lipinski definition) is 0. The monoisotopic (exact) mass is 522 g/mol. The molecule has 1 aromatic carbocycles. The highest BCUT2D eigenvalue weighted by atomic mass is 14.9. The quantitative estimate of drug-likeness (QED) is 0.172. The van der Waals surface area contributed by atoms with E-state index in [0.29, 0.717) is 0 Å². The summed E-state index contributed by atoms with van der Waals surface area (Å²) in [6.45, 7) is 3.61. The van der Waals surface area contributed by atoms with E-state index in [9.17, 15) is 0 Å². The molecule has 0 amide bonds. The summed E-state index contributed by atoms with van der Waals surface area (Å²) in [5.74, 6) is 0. The Morgan fingerprint density at radius 2 is 0.650 bits per heavy atom. The van der Waals surface area contributed by atoms with E-state index >= 15 is 0 Å². The van der Waals surface area contributed by atoms with Crippen LogP contribution in [0.5, 0.6) is 0 Å². The van der Waals surface area contributed by atoms with Gasteiger partial charge in [0, 0.05) is 59.7 Å². The molecule has 0 fully saturated rings. The van der Waals surface area contributed by atoms with Crippen LogP contribution in [-0.2, 0) is 26.2 Å². The smallest absolute Gasteiger partial charge is 0.173 e. The molecule has 0 atom stereocenters. The van der Waals surface area contributed by atoms with Gasteiger partial charge in [-0.3, -0.25) is 0 Å². The van der Waals surface area contributed by atoms with Crippen LogP contribution in [0.2, 0.25) is 12.6 Å². The molecule has 0 aliphatic rings. The first-order valence-corrected chi connectivity index (χ1v) is 14.2. The SMILES string of the molecule is [B]CCC[n+]1ccc(-c2cc[n+](Cc3ccc(C[n+]4ccc(-c5cc[n+](CCC[B])cc5)cc4)cc3)cc2)cc1. The maximum atomic E-state index is 5.62. The number of benzene rings is 1. The largest absolute Gasteiger partial charge is 0.205 e. The molecule has 6 heteroatoms. The third-order valence-electron chi connectivity index (χ3n) is 7.23. The zero-order valence-corrected chi connectivity index (χ0v) is 23.1. The van der Waals surface area contributed by atoms with Crippen LogP contribution in [0.4, 0.5) is 0 Å². The van der Waals surface area contributed by atoms with Crippen LogP contribution < -0.4 is 18.3 Å². The Morgan fingerprint density at radius 3 is 0.925 bits per heavy atom. The number of aromatic nitrogens is 4. The molecule has 4 heterocycles. The normalized spacial score (nSPS) is 11.0. The summed E-state index contributed by atoms with van der Waals surface area (Å²) in [6.07, 6.45) is 20.6. The van der Waals surface area contributed by atoms with E-state index in [1.165, 1.54) is 33.4 Å². The van der Waals surface area contributed by atoms with E-state index < -0.39 is 0 Å². The van der Waals surface area contributed by atoms with Crippen LogP contribution in [-0.4, -0.2) is 15.7 Å². The molecular weight excluding hydrogens is 486 g/mol. The van der Waals surface area contributed by atoms with E-state index in [0.717, 1.165) is 51.7 Å².